The Bertz CT molecular complexity index is 58.2. The summed E-state index contributed by atoms with van der Waals surface area (Å²) in [5.74, 6) is 0. The fraction of sp³-hybridized carbons (Fsp3) is 0. The molecule has 0 aliphatic carbocycles. The molecule has 0 spiro atoms. The molecule has 0 aromatic rings. The minimum atomic E-state index is 0. The van der Waals surface area contributed by atoms with Gasteiger partial charge in [-0.15, -0.1) is 0 Å². The van der Waals surface area contributed by atoms with Gasteiger partial charge in [0, 0.05) is 0 Å². The van der Waals surface area contributed by atoms with Crippen molar-refractivity contribution >= 4 is 29.6 Å². The van der Waals surface area contributed by atoms with Crippen molar-refractivity contribution < 1.29 is 0 Å². The first-order valence-electron chi connectivity index (χ1n) is 0.800. The minimum absolute atomic E-state index is 0. The summed E-state index contributed by atoms with van der Waals surface area (Å²) in [5, 5.41) is 0. The number of hydrogen-bond donors (Lipinski definition) is 0. The van der Waals surface area contributed by atoms with E-state index in [0.717, 1.165) is 0 Å². The maximum absolute atomic E-state index is 6.75. The molecule has 0 N–H and O–H groups in total. The van der Waals surface area contributed by atoms with Crippen LogP contribution in [0, 0.1) is 0 Å². The van der Waals surface area contributed by atoms with Crippen LogP contribution < -0.4 is 0 Å². The average molecular weight is 108 g/mol. The Morgan fingerprint density at radius 1 is 0.714 bits per heavy atom. The average Bonchev–Trinajstić information content (AvgIpc) is 1.39. The van der Waals surface area contributed by atoms with Gasteiger partial charge in [0.15, 0.2) is 0 Å². The predicted octanol–water partition coefficient (Wildman–Crippen LogP) is 1.08. The summed E-state index contributed by atoms with van der Waals surface area (Å²) in [4.78, 5) is 3.00. The molecular formula is HN6Na-2. The quantitative estimate of drug-likeness (QED) is 0.191. The first-order valence-corrected chi connectivity index (χ1v) is 0.800. The molecule has 7 heteroatoms. The van der Waals surface area contributed by atoms with Crippen LogP contribution in [0.2, 0.25) is 0 Å². The molecule has 0 fully saturated rings. The van der Waals surface area contributed by atoms with E-state index in [0.29, 0.717) is 0 Å². The molecule has 0 aliphatic rings. The van der Waals surface area contributed by atoms with Crippen LogP contribution in [0.3, 0.4) is 0 Å². The van der Waals surface area contributed by atoms with E-state index >= 15 is 0 Å². The van der Waals surface area contributed by atoms with Gasteiger partial charge < -0.3 is 22.1 Å². The van der Waals surface area contributed by atoms with E-state index in [1.807, 2.05) is 0 Å². The Kier molecular flexibility index (Phi) is 104. The predicted molar refractivity (Wildman–Crippen MR) is 27.3 cm³/mol. The van der Waals surface area contributed by atoms with Gasteiger partial charge in [0.05, 0.1) is 0 Å². The first kappa shape index (κ1) is 16.0. The van der Waals surface area contributed by atoms with Gasteiger partial charge in [0.25, 0.3) is 0 Å². The normalized spacial score (nSPS) is 2.29. The van der Waals surface area contributed by atoms with Crippen molar-refractivity contribution in [2.75, 3.05) is 0 Å². The van der Waals surface area contributed by atoms with Crippen LogP contribution in [0.1, 0.15) is 0 Å². The zero-order valence-corrected chi connectivity index (χ0v) is 2.68. The zero-order valence-electron chi connectivity index (χ0n) is 2.68. The topological polar surface area (TPSA) is 117 Å². The summed E-state index contributed by atoms with van der Waals surface area (Å²) in [6, 6.07) is 0. The van der Waals surface area contributed by atoms with Crippen molar-refractivity contribution in [3.8, 4) is 0 Å². The van der Waals surface area contributed by atoms with E-state index in [2.05, 4.69) is 0 Å². The van der Waals surface area contributed by atoms with Gasteiger partial charge in [0.1, 0.15) is 0 Å². The molecule has 7 heavy (non-hydrogen) atoms. The monoisotopic (exact) mass is 108 g/mol. The van der Waals surface area contributed by atoms with Crippen molar-refractivity contribution in [2.24, 2.45) is 0 Å². The molecule has 0 amide bonds. The molecule has 0 saturated heterocycles. The zero-order chi connectivity index (χ0) is 5.41. The molecule has 0 bridgehead atoms. The Labute approximate surface area is 61.6 Å². The van der Waals surface area contributed by atoms with Crippen molar-refractivity contribution in [2.45, 2.75) is 0 Å². The summed E-state index contributed by atoms with van der Waals surface area (Å²) < 4.78 is 0. The third-order valence-electron chi connectivity index (χ3n) is 0. The molecule has 0 heterocycles. The third-order valence-corrected chi connectivity index (χ3v) is 0. The van der Waals surface area contributed by atoms with E-state index in [-0.39, 0.29) is 29.6 Å². The molecule has 0 unspecified atom stereocenters. The van der Waals surface area contributed by atoms with Gasteiger partial charge in [-0.05, 0) is 0 Å². The van der Waals surface area contributed by atoms with Crippen molar-refractivity contribution in [1.82, 2.24) is 0 Å². The summed E-state index contributed by atoms with van der Waals surface area (Å²) >= 11 is 0. The van der Waals surface area contributed by atoms with Crippen molar-refractivity contribution in [1.29, 1.82) is 0 Å². The molecule has 0 rings (SSSR count). The second-order valence-electron chi connectivity index (χ2n) is 0.179. The summed E-state index contributed by atoms with van der Waals surface area (Å²) in [7, 11) is 0. The molecule has 0 aliphatic heterocycles. The maximum atomic E-state index is 6.75. The molecule has 34 valence electrons. The van der Waals surface area contributed by atoms with E-state index in [9.17, 15) is 0 Å². The fourth-order valence-corrected chi connectivity index (χ4v) is 0. The third kappa shape index (κ3) is 510. The summed E-state index contributed by atoms with van der Waals surface area (Å²) in [6.07, 6.45) is 0. The first-order chi connectivity index (χ1) is 2.83. The molecular weight excluding hydrogens is 107 g/mol. The van der Waals surface area contributed by atoms with Crippen molar-refractivity contribution in [3.05, 3.63) is 31.9 Å². The SMILES string of the molecule is [N-]=[N+]=[N-].[N-]=[N+]=[N-].[NaH]. The summed E-state index contributed by atoms with van der Waals surface area (Å²) in [5.41, 5.74) is 27.0. The van der Waals surface area contributed by atoms with Crippen LogP contribution in [0.15, 0.2) is 0 Å². The number of nitrogens with zero attached hydrogens (tertiary/aromatic N) is 6. The van der Waals surface area contributed by atoms with Crippen molar-refractivity contribution in [3.63, 3.8) is 0 Å². The van der Waals surface area contributed by atoms with E-state index in [1.54, 1.807) is 0 Å². The van der Waals surface area contributed by atoms with Crippen LogP contribution in [0.4, 0.5) is 0 Å². The summed E-state index contributed by atoms with van der Waals surface area (Å²) in [6.45, 7) is 0. The second-order valence-corrected chi connectivity index (χ2v) is 0.179. The molecule has 0 atom stereocenters. The van der Waals surface area contributed by atoms with Gasteiger partial charge in [0.2, 0.25) is 0 Å². The molecule has 0 saturated carbocycles. The Balaban J connectivity index is -0.0000000400. The van der Waals surface area contributed by atoms with Gasteiger partial charge in [-0.25, -0.2) is 0 Å². The van der Waals surface area contributed by atoms with Crippen LogP contribution in [-0.4, -0.2) is 29.6 Å². The van der Waals surface area contributed by atoms with Crippen LogP contribution >= 0.6 is 0 Å². The van der Waals surface area contributed by atoms with Gasteiger partial charge >= 0.3 is 29.6 Å². The number of rotatable bonds is 0. The van der Waals surface area contributed by atoms with Crippen LogP contribution in [-0.2, 0) is 0 Å². The van der Waals surface area contributed by atoms with Gasteiger partial charge in [-0.3, -0.25) is 9.82 Å². The number of hydrogen-bond acceptors (Lipinski definition) is 0. The molecule has 0 radical (unpaired) electrons. The standard InChI is InChI=1S/2N3.Na.H/c2*1-3-2;;/q2*-1;;. The Morgan fingerprint density at radius 3 is 0.714 bits per heavy atom. The van der Waals surface area contributed by atoms with Gasteiger partial charge in [-0.1, -0.05) is 0 Å². The van der Waals surface area contributed by atoms with Crippen LogP contribution in [0.25, 0.3) is 31.9 Å². The van der Waals surface area contributed by atoms with Gasteiger partial charge in [-0.2, -0.15) is 0 Å². The molecule has 0 aromatic heterocycles. The molecule has 0 aromatic carbocycles. The molecule has 6 nitrogen and oxygen atoms in total. The Morgan fingerprint density at radius 2 is 0.714 bits per heavy atom. The fourth-order valence-electron chi connectivity index (χ4n) is 0. The second kappa shape index (κ2) is 45.7. The van der Waals surface area contributed by atoms with E-state index < -0.39 is 0 Å². The van der Waals surface area contributed by atoms with E-state index in [1.165, 1.54) is 9.82 Å². The van der Waals surface area contributed by atoms with E-state index in [4.69, 9.17) is 22.1 Å². The van der Waals surface area contributed by atoms with Crippen LogP contribution in [0.5, 0.6) is 0 Å². The Hall–Kier alpha value is -0.380.